The molecule has 2 heteroatoms. The molecule has 0 spiro atoms. The molecule has 1 fully saturated rings. The van der Waals surface area contributed by atoms with Crippen LogP contribution in [0.1, 0.15) is 63.5 Å². The first-order chi connectivity index (χ1) is 8.85. The van der Waals surface area contributed by atoms with E-state index in [9.17, 15) is 0 Å². The molecule has 1 unspecified atom stereocenters. The van der Waals surface area contributed by atoms with Crippen molar-refractivity contribution in [2.24, 2.45) is 11.8 Å². The average molecular weight is 249 g/mol. The Bertz CT molecular complexity index is 312. The number of rotatable bonds is 6. The Morgan fingerprint density at radius 3 is 2.67 bits per heavy atom. The van der Waals surface area contributed by atoms with Crippen LogP contribution in [0.15, 0.2) is 23.0 Å². The van der Waals surface area contributed by atoms with E-state index in [1.165, 1.54) is 50.5 Å². The predicted molar refractivity (Wildman–Crippen MR) is 75.5 cm³/mol. The first-order valence-electron chi connectivity index (χ1n) is 7.54. The van der Waals surface area contributed by atoms with Gasteiger partial charge in [-0.2, -0.15) is 0 Å². The van der Waals surface area contributed by atoms with Crippen molar-refractivity contribution < 1.29 is 4.42 Å². The maximum atomic E-state index is 5.22. The van der Waals surface area contributed by atoms with Gasteiger partial charge in [0.1, 0.15) is 0 Å². The Morgan fingerprint density at radius 1 is 1.33 bits per heavy atom. The van der Waals surface area contributed by atoms with Crippen LogP contribution in [0.3, 0.4) is 0 Å². The first-order valence-corrected chi connectivity index (χ1v) is 7.54. The van der Waals surface area contributed by atoms with E-state index in [1.54, 1.807) is 6.26 Å². The third-order valence-electron chi connectivity index (χ3n) is 4.54. The highest BCUT2D eigenvalue weighted by Gasteiger charge is 2.27. The van der Waals surface area contributed by atoms with Gasteiger partial charge in [-0.1, -0.05) is 39.0 Å². The van der Waals surface area contributed by atoms with Crippen molar-refractivity contribution in [3.63, 3.8) is 0 Å². The van der Waals surface area contributed by atoms with Crippen molar-refractivity contribution in [2.75, 3.05) is 7.05 Å². The molecule has 1 heterocycles. The Kier molecular flexibility index (Phi) is 5.30. The minimum Gasteiger partial charge on any atom is -0.472 e. The van der Waals surface area contributed by atoms with E-state index in [0.29, 0.717) is 6.04 Å². The maximum Gasteiger partial charge on any atom is 0.0950 e. The normalized spacial score (nSPS) is 26.1. The third-order valence-corrected chi connectivity index (χ3v) is 4.54. The van der Waals surface area contributed by atoms with Crippen molar-refractivity contribution in [3.05, 3.63) is 24.2 Å². The van der Waals surface area contributed by atoms with Crippen molar-refractivity contribution in [3.8, 4) is 0 Å². The molecule has 1 aliphatic rings. The van der Waals surface area contributed by atoms with Crippen molar-refractivity contribution >= 4 is 0 Å². The largest absolute Gasteiger partial charge is 0.472 e. The van der Waals surface area contributed by atoms with Crippen LogP contribution in [-0.4, -0.2) is 7.05 Å². The summed E-state index contributed by atoms with van der Waals surface area (Å²) in [6.45, 7) is 2.29. The third kappa shape index (κ3) is 3.38. The van der Waals surface area contributed by atoms with E-state index in [2.05, 4.69) is 25.4 Å². The molecule has 2 nitrogen and oxygen atoms in total. The molecule has 1 aromatic heterocycles. The van der Waals surface area contributed by atoms with Crippen molar-refractivity contribution in [1.29, 1.82) is 0 Å². The number of hydrogen-bond acceptors (Lipinski definition) is 2. The Balaban J connectivity index is 1.84. The van der Waals surface area contributed by atoms with Gasteiger partial charge in [0.25, 0.3) is 0 Å². The summed E-state index contributed by atoms with van der Waals surface area (Å²) in [4.78, 5) is 0. The SMILES string of the molecule is CCCCC1CCC(C(NC)c2ccoc2)CC1. The number of unbranched alkanes of at least 4 members (excludes halogenated alkanes) is 1. The van der Waals surface area contributed by atoms with Crippen LogP contribution < -0.4 is 5.32 Å². The quantitative estimate of drug-likeness (QED) is 0.801. The zero-order valence-electron chi connectivity index (χ0n) is 11.8. The van der Waals surface area contributed by atoms with Gasteiger partial charge in [0, 0.05) is 11.6 Å². The molecular weight excluding hydrogens is 222 g/mol. The van der Waals surface area contributed by atoms with E-state index in [0.717, 1.165) is 11.8 Å². The summed E-state index contributed by atoms with van der Waals surface area (Å²) >= 11 is 0. The Hall–Kier alpha value is -0.760. The standard InChI is InChI=1S/C16H27NO/c1-3-4-5-13-6-8-14(9-7-13)16(17-2)15-10-11-18-12-15/h10-14,16-17H,3-9H2,1-2H3. The molecule has 1 aromatic rings. The molecule has 102 valence electrons. The summed E-state index contributed by atoms with van der Waals surface area (Å²) < 4.78 is 5.22. The second-order valence-electron chi connectivity index (χ2n) is 5.75. The molecule has 1 aliphatic carbocycles. The van der Waals surface area contributed by atoms with E-state index in [1.807, 2.05) is 6.26 Å². The lowest BCUT2D eigenvalue weighted by atomic mass is 9.75. The maximum absolute atomic E-state index is 5.22. The van der Waals surface area contributed by atoms with Gasteiger partial charge in [-0.3, -0.25) is 0 Å². The topological polar surface area (TPSA) is 25.2 Å². The van der Waals surface area contributed by atoms with E-state index < -0.39 is 0 Å². The zero-order chi connectivity index (χ0) is 12.8. The van der Waals surface area contributed by atoms with E-state index in [-0.39, 0.29) is 0 Å². The molecule has 0 aliphatic heterocycles. The van der Waals surface area contributed by atoms with Gasteiger partial charge >= 0.3 is 0 Å². The van der Waals surface area contributed by atoms with Gasteiger partial charge in [0.2, 0.25) is 0 Å². The fraction of sp³-hybridized carbons (Fsp3) is 0.750. The van der Waals surface area contributed by atoms with Crippen LogP contribution in [0.25, 0.3) is 0 Å². The summed E-state index contributed by atoms with van der Waals surface area (Å²) in [6, 6.07) is 2.58. The molecule has 0 amide bonds. The van der Waals surface area contributed by atoms with Gasteiger partial charge in [0.15, 0.2) is 0 Å². The van der Waals surface area contributed by atoms with Crippen LogP contribution >= 0.6 is 0 Å². The average Bonchev–Trinajstić information content (AvgIpc) is 2.93. The molecular formula is C16H27NO. The molecule has 0 aromatic carbocycles. The zero-order valence-corrected chi connectivity index (χ0v) is 11.8. The second kappa shape index (κ2) is 6.98. The van der Waals surface area contributed by atoms with Crippen LogP contribution in [0.4, 0.5) is 0 Å². The molecule has 0 saturated heterocycles. The summed E-state index contributed by atoms with van der Waals surface area (Å²) in [7, 11) is 2.07. The molecule has 0 bridgehead atoms. The van der Waals surface area contributed by atoms with Crippen LogP contribution in [0.5, 0.6) is 0 Å². The van der Waals surface area contributed by atoms with Gasteiger partial charge in [0.05, 0.1) is 12.5 Å². The lowest BCUT2D eigenvalue weighted by molar-refractivity contribution is 0.217. The number of hydrogen-bond donors (Lipinski definition) is 1. The van der Waals surface area contributed by atoms with E-state index in [4.69, 9.17) is 4.42 Å². The van der Waals surface area contributed by atoms with Gasteiger partial charge in [-0.05, 0) is 37.8 Å². The monoisotopic (exact) mass is 249 g/mol. The molecule has 0 radical (unpaired) electrons. The summed E-state index contributed by atoms with van der Waals surface area (Å²) in [5.74, 6) is 1.77. The lowest BCUT2D eigenvalue weighted by Crippen LogP contribution is -2.28. The molecule has 1 saturated carbocycles. The van der Waals surface area contributed by atoms with Gasteiger partial charge in [-0.15, -0.1) is 0 Å². The minimum atomic E-state index is 0.482. The van der Waals surface area contributed by atoms with Crippen LogP contribution in [0, 0.1) is 11.8 Å². The van der Waals surface area contributed by atoms with Crippen molar-refractivity contribution in [1.82, 2.24) is 5.32 Å². The number of nitrogens with one attached hydrogen (secondary N) is 1. The number of furan rings is 1. The van der Waals surface area contributed by atoms with Crippen LogP contribution in [0.2, 0.25) is 0 Å². The van der Waals surface area contributed by atoms with Crippen molar-refractivity contribution in [2.45, 2.75) is 57.9 Å². The first kappa shape index (κ1) is 13.7. The van der Waals surface area contributed by atoms with Gasteiger partial charge < -0.3 is 9.73 Å². The summed E-state index contributed by atoms with van der Waals surface area (Å²) in [5.41, 5.74) is 1.31. The fourth-order valence-electron chi connectivity index (χ4n) is 3.43. The molecule has 18 heavy (non-hydrogen) atoms. The molecule has 1 atom stereocenters. The highest BCUT2D eigenvalue weighted by molar-refractivity contribution is 5.13. The fourth-order valence-corrected chi connectivity index (χ4v) is 3.43. The molecule has 2 rings (SSSR count). The Labute approximate surface area is 111 Å². The summed E-state index contributed by atoms with van der Waals surface area (Å²) in [6.07, 6.45) is 13.4. The molecule has 1 N–H and O–H groups in total. The predicted octanol–water partition coefficient (Wildman–Crippen LogP) is 4.54. The van der Waals surface area contributed by atoms with Gasteiger partial charge in [-0.25, -0.2) is 0 Å². The highest BCUT2D eigenvalue weighted by atomic mass is 16.3. The van der Waals surface area contributed by atoms with E-state index >= 15 is 0 Å². The highest BCUT2D eigenvalue weighted by Crippen LogP contribution is 2.38. The second-order valence-corrected chi connectivity index (χ2v) is 5.75. The minimum absolute atomic E-state index is 0.482. The summed E-state index contributed by atoms with van der Waals surface area (Å²) in [5, 5.41) is 3.47. The lowest BCUT2D eigenvalue weighted by Gasteiger charge is -2.33. The smallest absolute Gasteiger partial charge is 0.0950 e. The Morgan fingerprint density at radius 2 is 2.11 bits per heavy atom. The van der Waals surface area contributed by atoms with Crippen LogP contribution in [-0.2, 0) is 0 Å².